The van der Waals surface area contributed by atoms with Crippen molar-refractivity contribution in [3.63, 3.8) is 0 Å². The van der Waals surface area contributed by atoms with Crippen molar-refractivity contribution in [3.05, 3.63) is 58.9 Å². The Morgan fingerprint density at radius 3 is 2.48 bits per heavy atom. The summed E-state index contributed by atoms with van der Waals surface area (Å²) in [4.78, 5) is 12.1. The van der Waals surface area contributed by atoms with E-state index >= 15 is 0 Å². The van der Waals surface area contributed by atoms with Crippen LogP contribution in [0.5, 0.6) is 0 Å². The summed E-state index contributed by atoms with van der Waals surface area (Å²) in [5.41, 5.74) is -2.25. The molecule has 3 rings (SSSR count). The minimum atomic E-state index is -4.36. The summed E-state index contributed by atoms with van der Waals surface area (Å²) in [5, 5.41) is 12.6. The van der Waals surface area contributed by atoms with Gasteiger partial charge < -0.3 is 15.2 Å². The van der Waals surface area contributed by atoms with Gasteiger partial charge in [0.15, 0.2) is 17.5 Å². The molecule has 0 aliphatic carbocycles. The van der Waals surface area contributed by atoms with E-state index in [1.807, 2.05) is 0 Å². The van der Waals surface area contributed by atoms with Gasteiger partial charge in [-0.3, -0.25) is 4.79 Å². The van der Waals surface area contributed by atoms with Gasteiger partial charge in [-0.25, -0.2) is 26.0 Å². The third kappa shape index (κ3) is 5.69. The number of hydrogen-bond donors (Lipinski definition) is 2. The smallest absolute Gasteiger partial charge is 0.255 e. The molecule has 33 heavy (non-hydrogen) atoms. The first-order valence-electron chi connectivity index (χ1n) is 9.90. The number of rotatable bonds is 5. The van der Waals surface area contributed by atoms with Gasteiger partial charge in [-0.05, 0) is 19.1 Å². The quantitative estimate of drug-likeness (QED) is 0.496. The highest BCUT2D eigenvalue weighted by Gasteiger charge is 2.35. The minimum Gasteiger partial charge on any atom is -0.389 e. The number of amides is 1. The molecule has 0 bridgehead atoms. The lowest BCUT2D eigenvalue weighted by molar-refractivity contribution is -0.0198. The van der Waals surface area contributed by atoms with Crippen LogP contribution in [-0.4, -0.2) is 55.6 Å². The van der Waals surface area contributed by atoms with Crippen molar-refractivity contribution in [1.29, 1.82) is 0 Å². The third-order valence-corrected chi connectivity index (χ3v) is 7.05. The lowest BCUT2D eigenvalue weighted by Gasteiger charge is -2.33. The van der Waals surface area contributed by atoms with Crippen LogP contribution in [0.4, 0.5) is 23.2 Å². The first-order valence-corrected chi connectivity index (χ1v) is 11.3. The zero-order chi connectivity index (χ0) is 24.4. The van der Waals surface area contributed by atoms with Crippen LogP contribution in [0.15, 0.2) is 35.2 Å². The number of carbonyl (C=O) groups excluding carboxylic acids is 1. The minimum absolute atomic E-state index is 0.0577. The number of β-amino-alcohol motifs (C(OH)–C–C–N with tert-alkyl or cyclic N) is 1. The molecule has 1 atom stereocenters. The second-order valence-electron chi connectivity index (χ2n) is 7.86. The molecule has 1 fully saturated rings. The fraction of sp³-hybridized carbons (Fsp3) is 0.381. The van der Waals surface area contributed by atoms with Crippen LogP contribution in [0.25, 0.3) is 0 Å². The summed E-state index contributed by atoms with van der Waals surface area (Å²) >= 11 is 0. The van der Waals surface area contributed by atoms with Crippen molar-refractivity contribution >= 4 is 21.6 Å². The monoisotopic (exact) mass is 490 g/mol. The number of aliphatic hydroxyl groups is 1. The van der Waals surface area contributed by atoms with Crippen LogP contribution in [0, 0.1) is 17.5 Å². The Hall–Kier alpha value is -2.54. The van der Waals surface area contributed by atoms with Crippen LogP contribution in [0.3, 0.4) is 0 Å². The fourth-order valence-electron chi connectivity index (χ4n) is 3.32. The Morgan fingerprint density at radius 1 is 1.18 bits per heavy atom. The Morgan fingerprint density at radius 2 is 1.85 bits per heavy atom. The number of hydrogen-bond acceptors (Lipinski definition) is 5. The van der Waals surface area contributed by atoms with Gasteiger partial charge in [-0.1, -0.05) is 6.07 Å². The molecule has 1 amide bonds. The molecule has 12 heteroatoms. The molecule has 0 saturated carbocycles. The van der Waals surface area contributed by atoms with Gasteiger partial charge in [0.05, 0.1) is 17.1 Å². The number of ether oxygens (including phenoxy) is 1. The molecule has 2 aromatic carbocycles. The summed E-state index contributed by atoms with van der Waals surface area (Å²) in [5.74, 6) is -5.70. The Bertz CT molecular complexity index is 1130. The second kappa shape index (κ2) is 9.75. The summed E-state index contributed by atoms with van der Waals surface area (Å²) in [6.45, 7) is 0.236. The highest BCUT2D eigenvalue weighted by molar-refractivity contribution is 7.89. The zero-order valence-corrected chi connectivity index (χ0v) is 18.4. The summed E-state index contributed by atoms with van der Waals surface area (Å²) in [6.07, 6.45) is 0.183. The van der Waals surface area contributed by atoms with Gasteiger partial charge >= 0.3 is 0 Å². The number of benzene rings is 2. The average Bonchev–Trinajstić information content (AvgIpc) is 2.74. The normalized spacial score (nSPS) is 20.2. The summed E-state index contributed by atoms with van der Waals surface area (Å²) < 4.78 is 86.4. The van der Waals surface area contributed by atoms with Crippen molar-refractivity contribution < 1.29 is 40.6 Å². The standard InChI is InChI=1S/C21H22F4N2O5S/c1-21(29)4-6-32-7-5-27(12-21)33(30,31)18-8-13(2-3-14(18)11-22)20(28)26-15-9-16(23)19(25)17(24)10-15/h2-3,8-10,29H,4-7,11-12H2,1H3,(H,26,28). The maximum absolute atomic E-state index is 13.6. The van der Waals surface area contributed by atoms with E-state index in [1.54, 1.807) is 0 Å². The van der Waals surface area contributed by atoms with E-state index in [9.17, 15) is 35.9 Å². The summed E-state index contributed by atoms with van der Waals surface area (Å²) in [7, 11) is -4.36. The number of halogens is 4. The molecule has 2 N–H and O–H groups in total. The average molecular weight is 490 g/mol. The molecule has 1 aliphatic heterocycles. The van der Waals surface area contributed by atoms with Crippen molar-refractivity contribution in [2.75, 3.05) is 31.6 Å². The number of nitrogens with one attached hydrogen (secondary N) is 1. The predicted molar refractivity (Wildman–Crippen MR) is 110 cm³/mol. The molecule has 0 aromatic heterocycles. The molecule has 1 unspecified atom stereocenters. The topological polar surface area (TPSA) is 95.9 Å². The third-order valence-electron chi connectivity index (χ3n) is 5.12. The highest BCUT2D eigenvalue weighted by Crippen LogP contribution is 2.27. The van der Waals surface area contributed by atoms with Gasteiger partial charge in [0, 0.05) is 55.1 Å². The summed E-state index contributed by atoms with van der Waals surface area (Å²) in [6, 6.07) is 4.31. The fourth-order valence-corrected chi connectivity index (χ4v) is 5.09. The van der Waals surface area contributed by atoms with Gasteiger partial charge in [-0.15, -0.1) is 0 Å². The molecule has 0 spiro atoms. The van der Waals surface area contributed by atoms with E-state index in [2.05, 4.69) is 5.32 Å². The van der Waals surface area contributed by atoms with Crippen LogP contribution in [0.1, 0.15) is 29.3 Å². The van der Waals surface area contributed by atoms with Crippen LogP contribution in [-0.2, 0) is 21.4 Å². The van der Waals surface area contributed by atoms with Crippen molar-refractivity contribution in [1.82, 2.24) is 4.31 Å². The van der Waals surface area contributed by atoms with Crippen molar-refractivity contribution in [3.8, 4) is 0 Å². The molecule has 2 aromatic rings. The van der Waals surface area contributed by atoms with Crippen LogP contribution < -0.4 is 5.32 Å². The van der Waals surface area contributed by atoms with E-state index in [4.69, 9.17) is 4.74 Å². The maximum atomic E-state index is 13.6. The predicted octanol–water partition coefficient (Wildman–Crippen LogP) is 2.99. The number of carbonyl (C=O) groups is 1. The molecule has 1 aliphatic rings. The molecule has 7 nitrogen and oxygen atoms in total. The van der Waals surface area contributed by atoms with Gasteiger partial charge in [0.1, 0.15) is 6.67 Å². The van der Waals surface area contributed by atoms with E-state index in [1.165, 1.54) is 6.92 Å². The highest BCUT2D eigenvalue weighted by atomic mass is 32.2. The Balaban J connectivity index is 1.95. The van der Waals surface area contributed by atoms with Crippen LogP contribution >= 0.6 is 0 Å². The lowest BCUT2D eigenvalue weighted by Crippen LogP contribution is -2.47. The first kappa shape index (κ1) is 25.1. The Kier molecular flexibility index (Phi) is 7.42. The van der Waals surface area contributed by atoms with Crippen molar-refractivity contribution in [2.45, 2.75) is 30.5 Å². The SMILES string of the molecule is CC1(O)CCOCCN(S(=O)(=O)c2cc(C(=O)Nc3cc(F)c(F)c(F)c3)ccc2CF)C1. The molecule has 1 heterocycles. The largest absolute Gasteiger partial charge is 0.389 e. The molecule has 180 valence electrons. The number of anilines is 1. The first-order chi connectivity index (χ1) is 15.4. The Labute approximate surface area is 188 Å². The van der Waals surface area contributed by atoms with Gasteiger partial charge in [0.25, 0.3) is 5.91 Å². The number of alkyl halides is 1. The molecular formula is C21H22F4N2O5S. The van der Waals surface area contributed by atoms with Gasteiger partial charge in [-0.2, -0.15) is 4.31 Å². The maximum Gasteiger partial charge on any atom is 0.255 e. The van der Waals surface area contributed by atoms with Crippen LogP contribution in [0.2, 0.25) is 0 Å². The second-order valence-corrected chi connectivity index (χ2v) is 9.77. The van der Waals surface area contributed by atoms with Gasteiger partial charge in [0.2, 0.25) is 10.0 Å². The molecular weight excluding hydrogens is 468 g/mol. The van der Waals surface area contributed by atoms with E-state index in [0.29, 0.717) is 12.1 Å². The molecule has 1 saturated heterocycles. The molecule has 0 radical (unpaired) electrons. The van der Waals surface area contributed by atoms with E-state index < -0.39 is 56.2 Å². The zero-order valence-electron chi connectivity index (χ0n) is 17.6. The van der Waals surface area contributed by atoms with E-state index in [-0.39, 0.29) is 43.9 Å². The lowest BCUT2D eigenvalue weighted by atomic mass is 10.0. The van der Waals surface area contributed by atoms with E-state index in [0.717, 1.165) is 22.5 Å². The van der Waals surface area contributed by atoms with Crippen molar-refractivity contribution in [2.24, 2.45) is 0 Å². The number of nitrogens with zero attached hydrogens (tertiary/aromatic N) is 1. The number of sulfonamides is 1.